The van der Waals surface area contributed by atoms with Crippen LogP contribution < -0.4 is 10.6 Å². The van der Waals surface area contributed by atoms with Gasteiger partial charge in [0.2, 0.25) is 5.91 Å². The Kier molecular flexibility index (Phi) is 66.8. The van der Waals surface area contributed by atoms with Crippen molar-refractivity contribution in [2.24, 2.45) is 5.41 Å². The maximum absolute atomic E-state index is 13.4. The monoisotopic (exact) mass is 1460 g/mol. The van der Waals surface area contributed by atoms with Gasteiger partial charge in [-0.1, -0.05) is 252 Å². The number of carbonyl (C=O) groups excluding carboxylic acids is 4. The third kappa shape index (κ3) is 64.5. The van der Waals surface area contributed by atoms with Gasteiger partial charge in [-0.15, -0.1) is 0 Å². The first-order chi connectivity index (χ1) is 49.4. The van der Waals surface area contributed by atoms with Crippen molar-refractivity contribution in [1.29, 1.82) is 0 Å². The minimum atomic E-state index is -1.54. The number of nitrogens with zero attached hydrogens (tertiary/aromatic N) is 3. The smallest absolute Gasteiger partial charge is 0.321 e. The lowest BCUT2D eigenvalue weighted by molar-refractivity contribution is -0.162. The first-order valence-electron chi connectivity index (χ1n) is 39.8. The summed E-state index contributed by atoms with van der Waals surface area (Å²) in [5, 5.41) is 53.4. The average molecular weight is 1460 g/mol. The van der Waals surface area contributed by atoms with Crippen molar-refractivity contribution in [3.05, 3.63) is 0 Å². The van der Waals surface area contributed by atoms with Gasteiger partial charge in [0.1, 0.15) is 25.9 Å². The Bertz CT molecular complexity index is 1930. The molecule has 0 aromatic heterocycles. The third-order valence-electron chi connectivity index (χ3n) is 18.3. The lowest BCUT2D eigenvalue weighted by Gasteiger charge is -2.32. The normalized spacial score (nSPS) is 11.9. The molecule has 0 fully saturated rings. The molecule has 1 atom stereocenters. The first kappa shape index (κ1) is 97.0. The number of hydrogen-bond acceptors (Lipinski definition) is 19. The zero-order valence-electron chi connectivity index (χ0n) is 63.8. The highest BCUT2D eigenvalue weighted by atomic mass is 16.6. The molecular weight excluding hydrogens is 1310 g/mol. The number of carbonyl (C=O) groups is 9. The molecule has 0 heterocycles. The summed E-state index contributed by atoms with van der Waals surface area (Å²) in [6.45, 7) is 4.25. The van der Waals surface area contributed by atoms with E-state index in [2.05, 4.69) is 31.4 Å². The summed E-state index contributed by atoms with van der Waals surface area (Å²) >= 11 is 0. The van der Waals surface area contributed by atoms with Crippen LogP contribution in [0.5, 0.6) is 0 Å². The van der Waals surface area contributed by atoms with E-state index in [4.69, 9.17) is 28.4 Å². The van der Waals surface area contributed by atoms with Gasteiger partial charge in [-0.25, -0.2) is 0 Å². The van der Waals surface area contributed by atoms with Gasteiger partial charge in [-0.3, -0.25) is 57.9 Å². The number of hydrogen-bond donors (Lipinski definition) is 7. The van der Waals surface area contributed by atoms with Crippen LogP contribution in [-0.2, 0) is 71.6 Å². The van der Waals surface area contributed by atoms with E-state index in [1.54, 1.807) is 0 Å². The summed E-state index contributed by atoms with van der Waals surface area (Å²) < 4.78 is 35.1. The summed E-state index contributed by atoms with van der Waals surface area (Å²) in [5.41, 5.74) is -1.07. The molecule has 0 aliphatic rings. The fourth-order valence-corrected chi connectivity index (χ4v) is 12.1. The zero-order chi connectivity index (χ0) is 75.2. The van der Waals surface area contributed by atoms with Gasteiger partial charge in [-0.05, 0) is 19.3 Å². The van der Waals surface area contributed by atoms with Crippen molar-refractivity contribution in [2.75, 3.05) is 131 Å². The zero-order valence-corrected chi connectivity index (χ0v) is 63.8. The summed E-state index contributed by atoms with van der Waals surface area (Å²) in [6, 6.07) is -1.54. The molecule has 0 rings (SSSR count). The molecule has 0 aromatic carbocycles. The second-order valence-corrected chi connectivity index (χ2v) is 27.9. The molecule has 596 valence electrons. The van der Waals surface area contributed by atoms with Crippen LogP contribution in [-0.4, -0.2) is 231 Å². The van der Waals surface area contributed by atoms with Crippen LogP contribution in [0.4, 0.5) is 0 Å². The number of carboxylic acids is 5. The van der Waals surface area contributed by atoms with Crippen molar-refractivity contribution in [3.63, 3.8) is 0 Å². The van der Waals surface area contributed by atoms with Gasteiger partial charge in [0.05, 0.1) is 77.7 Å². The second kappa shape index (κ2) is 70.3. The van der Waals surface area contributed by atoms with Crippen molar-refractivity contribution in [2.45, 2.75) is 303 Å². The van der Waals surface area contributed by atoms with E-state index in [9.17, 15) is 68.7 Å². The maximum atomic E-state index is 13.4. The van der Waals surface area contributed by atoms with Gasteiger partial charge in [0, 0.05) is 65.1 Å². The molecule has 1 amide bonds. The van der Waals surface area contributed by atoms with Crippen molar-refractivity contribution >= 4 is 53.7 Å². The summed E-state index contributed by atoms with van der Waals surface area (Å²) in [7, 11) is 0. The highest BCUT2D eigenvalue weighted by molar-refractivity contribution is 5.84. The topological polar surface area (TPSA) is 344 Å². The number of esters is 3. The fraction of sp³-hybridized carbons (Fsp3) is 0.883. The Morgan fingerprint density at radius 3 is 0.882 bits per heavy atom. The van der Waals surface area contributed by atoms with Crippen LogP contribution in [0.1, 0.15) is 297 Å². The second-order valence-electron chi connectivity index (χ2n) is 27.9. The highest BCUT2D eigenvalue weighted by Gasteiger charge is 2.36. The number of unbranched alkanes of at least 4 members (excludes halogenated alkanes) is 36. The van der Waals surface area contributed by atoms with Gasteiger partial charge in [0.25, 0.3) is 0 Å². The summed E-state index contributed by atoms with van der Waals surface area (Å²) in [6.07, 6.45) is 46.5. The SMILES string of the molecule is CCCCCCCCCCCCCCCC(=O)OCC(CNCCOCCOCCOCCNC(=O)CC(C(=O)O)N(CCN(CC(=O)O)CC(=O)O)CCN(CC(=O)O)CC(=O)O)(COC(=O)CCCCCCCCCCCCCCC)COC(=O)CCCCCCCCCCCCCCC. The Morgan fingerprint density at radius 2 is 0.608 bits per heavy atom. The number of ether oxygens (including phenoxy) is 6. The summed E-state index contributed by atoms with van der Waals surface area (Å²) in [4.78, 5) is 115. The number of rotatable bonds is 80. The molecule has 7 N–H and O–H groups in total. The molecule has 0 aliphatic heterocycles. The number of nitrogens with one attached hydrogen (secondary N) is 2. The van der Waals surface area contributed by atoms with Gasteiger partial charge >= 0.3 is 47.8 Å². The molecule has 1 unspecified atom stereocenters. The van der Waals surface area contributed by atoms with Crippen molar-refractivity contribution in [3.8, 4) is 0 Å². The van der Waals surface area contributed by atoms with E-state index in [-0.39, 0.29) is 136 Å². The molecule has 25 nitrogen and oxygen atoms in total. The lowest BCUT2D eigenvalue weighted by Crippen LogP contribution is -2.51. The average Bonchev–Trinajstić information content (AvgIpc) is 0.865. The minimum Gasteiger partial charge on any atom is -0.480 e. The van der Waals surface area contributed by atoms with Crippen LogP contribution in [0.25, 0.3) is 0 Å². The lowest BCUT2D eigenvalue weighted by atomic mass is 9.90. The summed E-state index contributed by atoms with van der Waals surface area (Å²) in [5.74, 6) is -8.52. The van der Waals surface area contributed by atoms with Crippen LogP contribution in [0.2, 0.25) is 0 Å². The van der Waals surface area contributed by atoms with Gasteiger partial charge in [0.15, 0.2) is 0 Å². The molecule has 0 saturated heterocycles. The predicted molar refractivity (Wildman–Crippen MR) is 396 cm³/mol. The molecule has 0 bridgehead atoms. The quantitative estimate of drug-likeness (QED) is 0.0169. The molecule has 25 heteroatoms. The van der Waals surface area contributed by atoms with E-state index in [0.29, 0.717) is 25.8 Å². The van der Waals surface area contributed by atoms with Crippen molar-refractivity contribution in [1.82, 2.24) is 25.3 Å². The molecule has 102 heavy (non-hydrogen) atoms. The largest absolute Gasteiger partial charge is 0.480 e. The standard InChI is InChI=1S/C77H143N5O20/c1-4-7-10-13-16-19-22-25-28-31-34-37-40-43-73(92)100-64-77(65-101-74(93)44-41-38-35-32-29-26-23-20-17-14-11-8-5-2,66-102-75(94)45-42-39-36-33-30-27-24-21-18-15-12-9-6-3)63-78-46-52-97-54-56-99-57-55-98-53-47-79-68(83)58-67(76(95)96)82(50-48-80(59-69(84)85)60-70(86)87)51-49-81(61-71(88)89)62-72(90)91/h67,78H,4-66H2,1-3H3,(H,79,83)(H,84,85)(H,86,87)(H,88,89)(H,90,91)(H,95,96). The Balaban J connectivity index is 5.66. The molecule has 0 aromatic rings. The molecular formula is C77H143N5O20. The molecule has 0 saturated carbocycles. The van der Waals surface area contributed by atoms with E-state index in [1.165, 1.54) is 178 Å². The van der Waals surface area contributed by atoms with E-state index < -0.39 is 79.8 Å². The minimum absolute atomic E-state index is 0.00953. The third-order valence-corrected chi connectivity index (χ3v) is 18.3. The number of carboxylic acid groups (broad SMARTS) is 5. The van der Waals surface area contributed by atoms with Crippen LogP contribution >= 0.6 is 0 Å². The Hall–Kier alpha value is -5.05. The van der Waals surface area contributed by atoms with Gasteiger partial charge < -0.3 is 64.6 Å². The van der Waals surface area contributed by atoms with Crippen LogP contribution in [0, 0.1) is 5.41 Å². The van der Waals surface area contributed by atoms with E-state index >= 15 is 0 Å². The molecule has 0 spiro atoms. The van der Waals surface area contributed by atoms with E-state index in [1.807, 2.05) is 0 Å². The number of amides is 1. The van der Waals surface area contributed by atoms with Crippen LogP contribution in [0.3, 0.4) is 0 Å². The number of aliphatic carboxylic acids is 5. The Labute approximate surface area is 613 Å². The van der Waals surface area contributed by atoms with E-state index in [0.717, 1.165) is 67.6 Å². The molecule has 0 radical (unpaired) electrons. The maximum Gasteiger partial charge on any atom is 0.321 e. The fourth-order valence-electron chi connectivity index (χ4n) is 12.1. The highest BCUT2D eigenvalue weighted by Crippen LogP contribution is 2.23. The first-order valence-corrected chi connectivity index (χ1v) is 39.8. The predicted octanol–water partition coefficient (Wildman–Crippen LogP) is 12.9. The van der Waals surface area contributed by atoms with Crippen LogP contribution in [0.15, 0.2) is 0 Å². The Morgan fingerprint density at radius 1 is 0.343 bits per heavy atom. The van der Waals surface area contributed by atoms with Gasteiger partial charge in [-0.2, -0.15) is 0 Å². The molecule has 0 aliphatic carbocycles. The van der Waals surface area contributed by atoms with Crippen molar-refractivity contribution < 1.29 is 97.1 Å².